The van der Waals surface area contributed by atoms with Crippen molar-refractivity contribution < 1.29 is 0 Å². The Balaban J connectivity index is -0.0000000133. The number of rotatable bonds is 0. The average Bonchev–Trinajstić information content (AvgIpc) is 1.38. The molecule has 0 atom stereocenters. The van der Waals surface area contributed by atoms with Crippen LogP contribution < -0.4 is 0 Å². The fourth-order valence-corrected chi connectivity index (χ4v) is 0. The van der Waals surface area contributed by atoms with Crippen molar-refractivity contribution in [3.05, 3.63) is 10.0 Å². The van der Waals surface area contributed by atoms with Crippen LogP contribution in [0.2, 0.25) is 0 Å². The molecule has 0 aliphatic carbocycles. The number of hydrogen-bond acceptors (Lipinski definition) is 0. The van der Waals surface area contributed by atoms with Crippen LogP contribution in [0, 0.1) is 0 Å². The zero-order valence-corrected chi connectivity index (χ0v) is 4.48. The zero-order valence-electron chi connectivity index (χ0n) is 2.21. The summed E-state index contributed by atoms with van der Waals surface area (Å²) in [4.78, 5) is 0. The zero-order chi connectivity index (χ0) is 4.28. The summed E-state index contributed by atoms with van der Waals surface area (Å²) in [7, 11) is 0. The molecule has 0 N–H and O–H groups in total. The normalized spacial score (nSPS) is 3.89. The summed E-state index contributed by atoms with van der Waals surface area (Å²) >= 11 is 14.8. The summed E-state index contributed by atoms with van der Waals surface area (Å²) in [6, 6.07) is 0. The van der Waals surface area contributed by atoms with Crippen molar-refractivity contribution in [1.82, 2.24) is 0 Å². The molecule has 0 amide bonds. The second-order valence-corrected chi connectivity index (χ2v) is 1.62. The maximum absolute atomic E-state index is 4.96. The molecule has 0 bridgehead atoms. The molecule has 0 heterocycles. The van der Waals surface area contributed by atoms with Gasteiger partial charge in [0.25, 0.3) is 0 Å². The summed E-state index contributed by atoms with van der Waals surface area (Å²) < 4.78 is 0.0895. The van der Waals surface area contributed by atoms with Crippen molar-refractivity contribution in [1.29, 1.82) is 0 Å². The molecule has 0 saturated heterocycles. The summed E-state index contributed by atoms with van der Waals surface area (Å²) in [6.45, 7) is 0. The van der Waals surface area contributed by atoms with Crippen LogP contribution in [0.15, 0.2) is 10.0 Å². The second kappa shape index (κ2) is 22.9. The first-order valence-electron chi connectivity index (χ1n) is 0.885. The number of hydrogen-bond donors (Lipinski definition) is 0. The van der Waals surface area contributed by atoms with Crippen molar-refractivity contribution in [2.75, 3.05) is 0 Å². The van der Waals surface area contributed by atoms with Crippen molar-refractivity contribution in [3.8, 4) is 0 Å². The molecular formula is C2H5Cl3Na4. The van der Waals surface area contributed by atoms with Crippen LogP contribution in [0.25, 0.3) is 0 Å². The van der Waals surface area contributed by atoms with Gasteiger partial charge in [-0.1, -0.05) is 34.8 Å². The van der Waals surface area contributed by atoms with Gasteiger partial charge >= 0.3 is 118 Å². The van der Waals surface area contributed by atoms with Crippen LogP contribution in [0.4, 0.5) is 0 Å². The van der Waals surface area contributed by atoms with E-state index in [4.69, 9.17) is 34.8 Å². The Bertz CT molecular complexity index is 51.8. The minimum atomic E-state index is 0. The van der Waals surface area contributed by atoms with Crippen LogP contribution in [0.5, 0.6) is 0 Å². The van der Waals surface area contributed by atoms with E-state index in [9.17, 15) is 0 Å². The molecule has 0 fully saturated rings. The van der Waals surface area contributed by atoms with Gasteiger partial charge in [-0.15, -0.1) is 0 Å². The van der Waals surface area contributed by atoms with Gasteiger partial charge in [0, 0.05) is 5.54 Å². The van der Waals surface area contributed by atoms with E-state index in [0.717, 1.165) is 5.54 Å². The third-order valence-corrected chi connectivity index (χ3v) is 0.742. The molecule has 7 heteroatoms. The topological polar surface area (TPSA) is 0 Å². The van der Waals surface area contributed by atoms with Crippen molar-refractivity contribution >= 4 is 153 Å². The average molecular weight is 227 g/mol. The van der Waals surface area contributed by atoms with Gasteiger partial charge in [-0.05, 0) is 0 Å². The molecule has 0 radical (unpaired) electrons. The fourth-order valence-electron chi connectivity index (χ4n) is 0. The van der Waals surface area contributed by atoms with Crippen LogP contribution in [-0.2, 0) is 0 Å². The van der Waals surface area contributed by atoms with E-state index in [-0.39, 0.29) is 123 Å². The van der Waals surface area contributed by atoms with Gasteiger partial charge in [-0.3, -0.25) is 0 Å². The summed E-state index contributed by atoms with van der Waals surface area (Å²) in [5.74, 6) is 0. The van der Waals surface area contributed by atoms with Gasteiger partial charge < -0.3 is 0 Å². The van der Waals surface area contributed by atoms with Gasteiger partial charge in [-0.2, -0.15) is 0 Å². The van der Waals surface area contributed by atoms with Crippen molar-refractivity contribution in [2.45, 2.75) is 0 Å². The molecule has 38 valence electrons. The Morgan fingerprint density at radius 1 is 0.889 bits per heavy atom. The quantitative estimate of drug-likeness (QED) is 0.507. The first kappa shape index (κ1) is 29.2. The summed E-state index contributed by atoms with van der Waals surface area (Å²) in [5, 5.41) is 0. The van der Waals surface area contributed by atoms with E-state index in [2.05, 4.69) is 0 Å². The van der Waals surface area contributed by atoms with Crippen LogP contribution in [0.3, 0.4) is 0 Å². The van der Waals surface area contributed by atoms with Gasteiger partial charge in [0.05, 0.1) is 0 Å². The van der Waals surface area contributed by atoms with Crippen LogP contribution >= 0.6 is 34.8 Å². The van der Waals surface area contributed by atoms with Gasteiger partial charge in [0.1, 0.15) is 4.49 Å². The fraction of sp³-hybridized carbons (Fsp3) is 0. The first-order chi connectivity index (χ1) is 2.27. The molecule has 0 aromatic heterocycles. The molecule has 0 spiro atoms. The number of halogens is 3. The molecule has 0 aliphatic rings. The van der Waals surface area contributed by atoms with Gasteiger partial charge in [-0.25, -0.2) is 0 Å². The van der Waals surface area contributed by atoms with Crippen LogP contribution in [0.1, 0.15) is 0 Å². The SMILES string of the molecule is ClC=C(Cl)Cl.[NaH].[NaH].[NaH].[NaH]. The maximum atomic E-state index is 4.96. The Morgan fingerprint density at radius 2 is 1.00 bits per heavy atom. The van der Waals surface area contributed by atoms with E-state index >= 15 is 0 Å². The Labute approximate surface area is 159 Å². The van der Waals surface area contributed by atoms with E-state index in [1.165, 1.54) is 0 Å². The molecule has 0 saturated carbocycles. The predicted molar refractivity (Wildman–Crippen MR) is 54.2 cm³/mol. The molecule has 0 aromatic rings. The molecule has 9 heavy (non-hydrogen) atoms. The summed E-state index contributed by atoms with van der Waals surface area (Å²) in [5.41, 5.74) is 1.09. The Morgan fingerprint density at radius 3 is 1.00 bits per heavy atom. The molecule has 0 aromatic carbocycles. The van der Waals surface area contributed by atoms with Gasteiger partial charge in [0.2, 0.25) is 0 Å². The van der Waals surface area contributed by atoms with E-state index in [1.807, 2.05) is 0 Å². The molecule has 0 nitrogen and oxygen atoms in total. The second-order valence-electron chi connectivity index (χ2n) is 0.399. The minimum absolute atomic E-state index is 0. The van der Waals surface area contributed by atoms with E-state index in [0.29, 0.717) is 0 Å². The van der Waals surface area contributed by atoms with Crippen LogP contribution in [-0.4, -0.2) is 118 Å². The Kier molecular flexibility index (Phi) is 74.4. The third kappa shape index (κ3) is 32.5. The molecule has 0 rings (SSSR count). The van der Waals surface area contributed by atoms with Crippen molar-refractivity contribution in [2.24, 2.45) is 0 Å². The molecular weight excluding hydrogens is 222 g/mol. The standard InChI is InChI=1S/C2HCl3.4Na.4H/c3-1-2(4)5;;;;;;;;/h1H;;;;;;;;. The summed E-state index contributed by atoms with van der Waals surface area (Å²) in [6.07, 6.45) is 0. The predicted octanol–water partition coefficient (Wildman–Crippen LogP) is -0.0923. The first-order valence-corrected chi connectivity index (χ1v) is 2.08. The Hall–Kier alpha value is 4.61. The van der Waals surface area contributed by atoms with Crippen molar-refractivity contribution in [3.63, 3.8) is 0 Å². The molecule has 0 aliphatic heterocycles. The van der Waals surface area contributed by atoms with Gasteiger partial charge in [0.15, 0.2) is 0 Å². The van der Waals surface area contributed by atoms with E-state index < -0.39 is 0 Å². The monoisotopic (exact) mass is 226 g/mol. The third-order valence-electron chi connectivity index (χ3n) is 0.0825. The van der Waals surface area contributed by atoms with E-state index in [1.54, 1.807) is 0 Å². The molecule has 0 unspecified atom stereocenters.